The van der Waals surface area contributed by atoms with Crippen LogP contribution in [0.25, 0.3) is 111 Å². The highest BCUT2D eigenvalue weighted by Gasteiger charge is 2.46. The van der Waals surface area contributed by atoms with Crippen molar-refractivity contribution in [2.75, 3.05) is 9.80 Å². The molecule has 97 heavy (non-hydrogen) atoms. The minimum Gasteiger partial charge on any atom is -0.310 e. The molecule has 0 atom stereocenters. The number of anilines is 6. The Morgan fingerprint density at radius 1 is 0.247 bits per heavy atom. The van der Waals surface area contributed by atoms with Gasteiger partial charge in [0.1, 0.15) is 0 Å². The molecule has 14 aromatic carbocycles. The molecule has 4 heterocycles. The summed E-state index contributed by atoms with van der Waals surface area (Å²) < 4.78 is 4.99. The first-order valence-electron chi connectivity index (χ1n) is 34.1. The fourth-order valence-corrected chi connectivity index (χ4v) is 15.9. The predicted molar refractivity (Wildman–Crippen MR) is 414 cm³/mol. The third-order valence-corrected chi connectivity index (χ3v) is 20.6. The molecule has 16 aromatic rings. The second-order valence-electron chi connectivity index (χ2n) is 28.4. The van der Waals surface area contributed by atoms with Gasteiger partial charge in [0, 0.05) is 77.9 Å². The molecule has 0 saturated heterocycles. The van der Waals surface area contributed by atoms with E-state index in [-0.39, 0.29) is 17.5 Å². The summed E-state index contributed by atoms with van der Waals surface area (Å²) in [6.45, 7) is 13.9. The molecule has 462 valence electrons. The summed E-state index contributed by atoms with van der Waals surface area (Å²) in [4.78, 5) is 5.40. The van der Waals surface area contributed by atoms with E-state index in [4.69, 9.17) is 0 Å². The third-order valence-electron chi connectivity index (χ3n) is 20.6. The minimum atomic E-state index is -0.241. The van der Waals surface area contributed by atoms with E-state index < -0.39 is 0 Å². The molecule has 0 aliphatic carbocycles. The Labute approximate surface area is 568 Å². The van der Waals surface area contributed by atoms with Crippen LogP contribution < -0.4 is 26.2 Å². The Hall–Kier alpha value is -11.7. The van der Waals surface area contributed by atoms with Crippen molar-refractivity contribution in [3.63, 3.8) is 0 Å². The van der Waals surface area contributed by atoms with Crippen LogP contribution in [-0.4, -0.2) is 15.8 Å². The third kappa shape index (κ3) is 9.42. The lowest BCUT2D eigenvalue weighted by Crippen LogP contribution is -2.61. The quantitative estimate of drug-likeness (QED) is 0.134. The zero-order valence-electron chi connectivity index (χ0n) is 55.5. The smallest absolute Gasteiger partial charge is 0.252 e. The lowest BCUT2D eigenvalue weighted by molar-refractivity contribution is 0.569. The van der Waals surface area contributed by atoms with Crippen molar-refractivity contribution in [3.05, 3.63) is 333 Å². The van der Waals surface area contributed by atoms with Gasteiger partial charge in [0.2, 0.25) is 0 Å². The molecule has 0 radical (unpaired) electrons. The summed E-state index contributed by atoms with van der Waals surface area (Å²) in [7, 11) is 0. The summed E-state index contributed by atoms with van der Waals surface area (Å²) in [5, 5.41) is 4.91. The van der Waals surface area contributed by atoms with Crippen molar-refractivity contribution in [3.8, 4) is 67.0 Å². The minimum absolute atomic E-state index is 0.148. The SMILES string of the molecule is CC(C)(C)c1cc(-c2cc3c4c(c2)N(c2c(-c5ccccc5)cccc2-c2ccccc2)c2cc(-n5c6ccccc6c6ccccc65)ccc2B4c2ccc(-n4c5ccccc5c5ccccc54)cc2N3c2c(-c3ccccc3)cccc2-c2ccccc2)cc(C(C)(C)C)c1. The Kier molecular flexibility index (Phi) is 13.4. The van der Waals surface area contributed by atoms with Crippen molar-refractivity contribution in [1.29, 1.82) is 0 Å². The van der Waals surface area contributed by atoms with Crippen LogP contribution in [0.1, 0.15) is 52.7 Å². The number of nitrogens with zero attached hydrogens (tertiary/aromatic N) is 4. The second-order valence-corrected chi connectivity index (χ2v) is 28.4. The van der Waals surface area contributed by atoms with Crippen LogP contribution in [0.2, 0.25) is 0 Å². The highest BCUT2D eigenvalue weighted by molar-refractivity contribution is 7.00. The summed E-state index contributed by atoms with van der Waals surface area (Å²) in [5.41, 5.74) is 31.1. The van der Waals surface area contributed by atoms with Gasteiger partial charge in [-0.3, -0.25) is 0 Å². The number of rotatable bonds is 9. The topological polar surface area (TPSA) is 16.3 Å². The molecule has 2 aromatic heterocycles. The van der Waals surface area contributed by atoms with Crippen molar-refractivity contribution >= 4 is 101 Å². The molecule has 4 nitrogen and oxygen atoms in total. The van der Waals surface area contributed by atoms with Crippen LogP contribution in [0, 0.1) is 0 Å². The van der Waals surface area contributed by atoms with E-state index in [9.17, 15) is 0 Å². The van der Waals surface area contributed by atoms with Crippen LogP contribution in [0.4, 0.5) is 34.1 Å². The lowest BCUT2D eigenvalue weighted by atomic mass is 9.33. The van der Waals surface area contributed by atoms with Gasteiger partial charge >= 0.3 is 0 Å². The molecule has 0 N–H and O–H groups in total. The Bertz CT molecular complexity index is 5220. The average molecular weight is 1240 g/mol. The van der Waals surface area contributed by atoms with E-state index in [2.05, 4.69) is 382 Å². The lowest BCUT2D eigenvalue weighted by Gasteiger charge is -2.46. The van der Waals surface area contributed by atoms with Gasteiger partial charge in [-0.25, -0.2) is 0 Å². The summed E-state index contributed by atoms with van der Waals surface area (Å²) in [6, 6.07) is 121. The van der Waals surface area contributed by atoms with Crippen LogP contribution in [-0.2, 0) is 10.8 Å². The Morgan fingerprint density at radius 3 is 0.866 bits per heavy atom. The van der Waals surface area contributed by atoms with E-state index in [1.54, 1.807) is 0 Å². The highest BCUT2D eigenvalue weighted by Crippen LogP contribution is 2.55. The largest absolute Gasteiger partial charge is 0.310 e. The van der Waals surface area contributed by atoms with Gasteiger partial charge in [-0.2, -0.15) is 0 Å². The van der Waals surface area contributed by atoms with Crippen molar-refractivity contribution < 1.29 is 0 Å². The first kappa shape index (κ1) is 58.0. The summed E-state index contributed by atoms with van der Waals surface area (Å²) >= 11 is 0. The van der Waals surface area contributed by atoms with E-state index >= 15 is 0 Å². The number of aromatic nitrogens is 2. The van der Waals surface area contributed by atoms with Gasteiger partial charge in [0.15, 0.2) is 0 Å². The number of benzene rings is 14. The Morgan fingerprint density at radius 2 is 0.546 bits per heavy atom. The molecule has 0 bridgehead atoms. The van der Waals surface area contributed by atoms with Gasteiger partial charge in [-0.1, -0.05) is 302 Å². The zero-order valence-corrected chi connectivity index (χ0v) is 55.5. The van der Waals surface area contributed by atoms with Gasteiger partial charge in [-0.15, -0.1) is 0 Å². The van der Waals surface area contributed by atoms with Gasteiger partial charge in [-0.05, 0) is 132 Å². The predicted octanol–water partition coefficient (Wildman–Crippen LogP) is 22.9. The van der Waals surface area contributed by atoms with Crippen LogP contribution in [0.3, 0.4) is 0 Å². The normalized spacial score (nSPS) is 12.8. The van der Waals surface area contributed by atoms with Gasteiger partial charge in [0.25, 0.3) is 6.71 Å². The second kappa shape index (κ2) is 22.5. The average Bonchev–Trinajstić information content (AvgIpc) is 0.876. The molecule has 0 spiro atoms. The van der Waals surface area contributed by atoms with Crippen LogP contribution in [0.5, 0.6) is 0 Å². The van der Waals surface area contributed by atoms with Crippen molar-refractivity contribution in [2.24, 2.45) is 0 Å². The van der Waals surface area contributed by atoms with Crippen molar-refractivity contribution in [2.45, 2.75) is 52.4 Å². The molecular weight excluding hydrogens is 1170 g/mol. The molecule has 0 unspecified atom stereocenters. The summed E-state index contributed by atoms with van der Waals surface area (Å²) in [5.74, 6) is 0. The van der Waals surface area contributed by atoms with Crippen LogP contribution >= 0.6 is 0 Å². The molecule has 0 amide bonds. The monoisotopic (exact) mass is 1240 g/mol. The van der Waals surface area contributed by atoms with E-state index in [0.717, 1.165) is 95.6 Å². The maximum absolute atomic E-state index is 2.70. The molecule has 0 saturated carbocycles. The Balaban J connectivity index is 1.04. The maximum Gasteiger partial charge on any atom is 0.252 e. The van der Waals surface area contributed by atoms with Crippen LogP contribution in [0.15, 0.2) is 322 Å². The number of para-hydroxylation sites is 6. The first-order chi connectivity index (χ1) is 47.4. The van der Waals surface area contributed by atoms with E-state index in [1.165, 1.54) is 76.7 Å². The molecular formula is C92H71BN4. The molecule has 2 aliphatic heterocycles. The summed E-state index contributed by atoms with van der Waals surface area (Å²) in [6.07, 6.45) is 0. The fraction of sp³-hybridized carbons (Fsp3) is 0.0870. The molecule has 18 rings (SSSR count). The van der Waals surface area contributed by atoms with E-state index in [1.807, 2.05) is 0 Å². The maximum atomic E-state index is 2.70. The van der Waals surface area contributed by atoms with Crippen molar-refractivity contribution in [1.82, 2.24) is 9.13 Å². The number of hydrogen-bond donors (Lipinski definition) is 0. The molecule has 0 fully saturated rings. The first-order valence-corrected chi connectivity index (χ1v) is 34.1. The number of hydrogen-bond acceptors (Lipinski definition) is 2. The standard InChI is InChI=1S/C92H71BN4/c1-91(2,3)66-53-64(54-67(57-66)92(4,5)6)65-55-86-88-87(56-65)97(90-72(62-33-15-9-16-34-62)43-28-44-73(90)63-35-17-10-18-36-63)85-59-69(95-82-47-25-21-39-76(82)77-40-22-26-48-83(77)95)50-52-79(85)93(88)78-51-49-68(94-80-45-23-19-37-74(80)75-38-20-24-46-81(75)94)58-84(78)96(86)89-70(60-29-11-7-12-30-60)41-27-42-71(89)61-31-13-8-14-32-61/h7-59H,1-6H3. The number of fused-ring (bicyclic) bond motifs is 10. The molecule has 2 aliphatic rings. The molecule has 5 heteroatoms. The zero-order chi connectivity index (χ0) is 65.3. The highest BCUT2D eigenvalue weighted by atomic mass is 15.2. The fourth-order valence-electron chi connectivity index (χ4n) is 15.9. The van der Waals surface area contributed by atoms with Gasteiger partial charge in [0.05, 0.1) is 33.4 Å². The van der Waals surface area contributed by atoms with E-state index in [0.29, 0.717) is 0 Å². The van der Waals surface area contributed by atoms with Gasteiger partial charge < -0.3 is 18.9 Å².